The summed E-state index contributed by atoms with van der Waals surface area (Å²) in [4.78, 5) is 37.0. The molecule has 0 radical (unpaired) electrons. The molecule has 2 rings (SSSR count). The summed E-state index contributed by atoms with van der Waals surface area (Å²) < 4.78 is 5.23. The molecule has 142 valence electrons. The van der Waals surface area contributed by atoms with Gasteiger partial charge in [-0.05, 0) is 26.7 Å². The molecule has 2 atom stereocenters. The van der Waals surface area contributed by atoms with Gasteiger partial charge in [-0.2, -0.15) is 0 Å². The predicted molar refractivity (Wildman–Crippen MR) is 94.3 cm³/mol. The van der Waals surface area contributed by atoms with E-state index in [1.807, 2.05) is 13.8 Å². The molecule has 9 heteroatoms. The minimum Gasteiger partial charge on any atom is -0.480 e. The Morgan fingerprint density at radius 2 is 1.92 bits per heavy atom. The number of alkyl carbamates (subject to hydrolysis) is 1. The molecule has 0 aliphatic carbocycles. The van der Waals surface area contributed by atoms with Crippen molar-refractivity contribution >= 4 is 29.7 Å². The van der Waals surface area contributed by atoms with E-state index in [9.17, 15) is 14.4 Å². The van der Waals surface area contributed by atoms with Crippen molar-refractivity contribution in [3.05, 3.63) is 0 Å². The van der Waals surface area contributed by atoms with Crippen LogP contribution in [0.5, 0.6) is 0 Å². The molecule has 0 aromatic heterocycles. The zero-order valence-corrected chi connectivity index (χ0v) is 16.1. The number of aliphatic carboxylic acids is 1. The van der Waals surface area contributed by atoms with Gasteiger partial charge in [-0.15, -0.1) is 11.8 Å². The van der Waals surface area contributed by atoms with E-state index in [4.69, 9.17) is 9.84 Å². The van der Waals surface area contributed by atoms with Gasteiger partial charge in [0.05, 0.1) is 13.1 Å². The second-order valence-electron chi connectivity index (χ2n) is 7.90. The van der Waals surface area contributed by atoms with Crippen molar-refractivity contribution in [1.82, 2.24) is 15.5 Å². The van der Waals surface area contributed by atoms with Gasteiger partial charge in [-0.1, -0.05) is 13.8 Å². The van der Waals surface area contributed by atoms with Crippen LogP contribution in [-0.4, -0.2) is 69.4 Å². The van der Waals surface area contributed by atoms with Gasteiger partial charge in [0.25, 0.3) is 0 Å². The predicted octanol–water partition coefficient (Wildman–Crippen LogP) is 0.864. The van der Waals surface area contributed by atoms with Crippen molar-refractivity contribution in [3.8, 4) is 0 Å². The highest BCUT2D eigenvalue weighted by molar-refractivity contribution is 8.01. The largest absolute Gasteiger partial charge is 0.480 e. The lowest BCUT2D eigenvalue weighted by Crippen LogP contribution is -2.70. The van der Waals surface area contributed by atoms with Crippen LogP contribution in [0.2, 0.25) is 0 Å². The summed E-state index contributed by atoms with van der Waals surface area (Å²) in [7, 11) is 0. The maximum absolute atomic E-state index is 12.7. The Balaban J connectivity index is 1.92. The van der Waals surface area contributed by atoms with Crippen molar-refractivity contribution in [2.75, 3.05) is 18.8 Å². The van der Waals surface area contributed by atoms with Crippen LogP contribution in [0.3, 0.4) is 0 Å². The van der Waals surface area contributed by atoms with Crippen LogP contribution in [0.25, 0.3) is 0 Å². The minimum atomic E-state index is -0.874. The van der Waals surface area contributed by atoms with E-state index in [2.05, 4.69) is 10.6 Å². The fourth-order valence-electron chi connectivity index (χ4n) is 2.83. The minimum absolute atomic E-state index is 0.0903. The summed E-state index contributed by atoms with van der Waals surface area (Å²) in [6, 6.07) is -1.25. The number of amides is 2. The van der Waals surface area contributed by atoms with Gasteiger partial charge >= 0.3 is 12.1 Å². The van der Waals surface area contributed by atoms with E-state index >= 15 is 0 Å². The number of rotatable bonds is 4. The van der Waals surface area contributed by atoms with Crippen molar-refractivity contribution in [3.63, 3.8) is 0 Å². The van der Waals surface area contributed by atoms with Crippen LogP contribution in [0.1, 0.15) is 34.6 Å². The molecule has 2 fully saturated rings. The van der Waals surface area contributed by atoms with Gasteiger partial charge in [-0.3, -0.25) is 14.9 Å². The molecule has 0 saturated carbocycles. The van der Waals surface area contributed by atoms with Crippen LogP contribution in [-0.2, 0) is 14.3 Å². The Hall–Kier alpha value is -1.48. The summed E-state index contributed by atoms with van der Waals surface area (Å²) in [5.41, 5.74) is -0.633. The monoisotopic (exact) mass is 373 g/mol. The number of carbonyl (C=O) groups excluding carboxylic acids is 2. The zero-order chi connectivity index (χ0) is 19.0. The number of thioether (sulfide) groups is 1. The molecule has 0 unspecified atom stereocenters. The first-order valence-corrected chi connectivity index (χ1v) is 9.34. The fourth-order valence-corrected chi connectivity index (χ4v) is 4.26. The third kappa shape index (κ3) is 4.78. The number of carboxylic acid groups (broad SMARTS) is 1. The number of nitrogens with zero attached hydrogens (tertiary/aromatic N) is 1. The molecule has 8 nitrogen and oxygen atoms in total. The number of hydrogen-bond donors (Lipinski definition) is 3. The van der Waals surface area contributed by atoms with Crippen LogP contribution in [0.4, 0.5) is 4.79 Å². The third-order valence-electron chi connectivity index (χ3n) is 4.07. The lowest BCUT2D eigenvalue weighted by atomic mass is 9.99. The Kier molecular flexibility index (Phi) is 5.58. The Labute approximate surface area is 152 Å². The number of ether oxygens (including phenoxy) is 1. The van der Waals surface area contributed by atoms with E-state index in [1.54, 1.807) is 25.7 Å². The fraction of sp³-hybridized carbons (Fsp3) is 0.812. The van der Waals surface area contributed by atoms with Crippen molar-refractivity contribution in [2.24, 2.45) is 5.92 Å². The summed E-state index contributed by atoms with van der Waals surface area (Å²) in [6.45, 7) is 9.87. The highest BCUT2D eigenvalue weighted by atomic mass is 32.2. The van der Waals surface area contributed by atoms with E-state index in [1.165, 1.54) is 11.8 Å². The molecule has 2 amide bonds. The van der Waals surface area contributed by atoms with Gasteiger partial charge in [0.15, 0.2) is 0 Å². The maximum atomic E-state index is 12.7. The molecular formula is C16H27N3O5S. The zero-order valence-electron chi connectivity index (χ0n) is 15.3. The molecule has 2 heterocycles. The smallest absolute Gasteiger partial charge is 0.408 e. The van der Waals surface area contributed by atoms with Crippen LogP contribution >= 0.6 is 11.8 Å². The topological polar surface area (TPSA) is 108 Å². The van der Waals surface area contributed by atoms with Crippen LogP contribution in [0, 0.1) is 5.92 Å². The molecule has 0 aromatic carbocycles. The van der Waals surface area contributed by atoms with Gasteiger partial charge in [0, 0.05) is 5.75 Å². The van der Waals surface area contributed by atoms with E-state index in [0.717, 1.165) is 0 Å². The molecule has 0 aromatic rings. The first kappa shape index (κ1) is 19.8. The number of carbonyl (C=O) groups is 3. The molecular weight excluding hydrogens is 346 g/mol. The lowest BCUT2D eigenvalue weighted by Gasteiger charge is -2.48. The SMILES string of the molecule is CC(C)[C@H](NC(=O)OC(C)(C)C)C(=O)N1CC2(C1)N[C@H](C(=O)O)CS2. The van der Waals surface area contributed by atoms with Gasteiger partial charge in [0.1, 0.15) is 22.6 Å². The molecule has 25 heavy (non-hydrogen) atoms. The van der Waals surface area contributed by atoms with Gasteiger partial charge < -0.3 is 20.1 Å². The average Bonchev–Trinajstić information content (AvgIpc) is 2.85. The summed E-state index contributed by atoms with van der Waals surface area (Å²) in [5, 5.41) is 14.8. The Morgan fingerprint density at radius 3 is 2.36 bits per heavy atom. The van der Waals surface area contributed by atoms with E-state index < -0.39 is 29.7 Å². The Bertz CT molecular complexity index is 554. The number of likely N-dealkylation sites (tertiary alicyclic amines) is 1. The molecule has 2 saturated heterocycles. The normalized spacial score (nSPS) is 23.3. The van der Waals surface area contributed by atoms with Crippen molar-refractivity contribution in [2.45, 2.75) is 57.2 Å². The first-order valence-electron chi connectivity index (χ1n) is 8.35. The summed E-state index contributed by atoms with van der Waals surface area (Å²) in [5.74, 6) is -0.651. The molecule has 3 N–H and O–H groups in total. The third-order valence-corrected chi connectivity index (χ3v) is 5.50. The molecule has 2 aliphatic rings. The van der Waals surface area contributed by atoms with Crippen molar-refractivity contribution in [1.29, 1.82) is 0 Å². The maximum Gasteiger partial charge on any atom is 0.408 e. The quantitative estimate of drug-likeness (QED) is 0.671. The summed E-state index contributed by atoms with van der Waals surface area (Å²) >= 11 is 1.53. The van der Waals surface area contributed by atoms with Crippen LogP contribution < -0.4 is 10.6 Å². The number of nitrogens with one attached hydrogen (secondary N) is 2. The number of carboxylic acids is 1. The van der Waals surface area contributed by atoms with Crippen molar-refractivity contribution < 1.29 is 24.2 Å². The van der Waals surface area contributed by atoms with Gasteiger partial charge in [-0.25, -0.2) is 4.79 Å². The standard InChI is InChI=1S/C16H27N3O5S/c1-9(2)11(17-14(23)24-15(3,4)5)12(20)19-7-16(8-19)18-10(6-25-16)13(21)22/h9-11,18H,6-8H2,1-5H3,(H,17,23)(H,21,22)/t10-,11-/m0/s1. The summed E-state index contributed by atoms with van der Waals surface area (Å²) in [6.07, 6.45) is -0.617. The van der Waals surface area contributed by atoms with E-state index in [0.29, 0.717) is 18.8 Å². The second-order valence-corrected chi connectivity index (χ2v) is 9.31. The Morgan fingerprint density at radius 1 is 1.32 bits per heavy atom. The molecule has 1 spiro atoms. The highest BCUT2D eigenvalue weighted by Crippen LogP contribution is 2.38. The van der Waals surface area contributed by atoms with Gasteiger partial charge in [0.2, 0.25) is 5.91 Å². The number of hydrogen-bond acceptors (Lipinski definition) is 6. The van der Waals surface area contributed by atoms with E-state index in [-0.39, 0.29) is 16.7 Å². The molecule has 2 aliphatic heterocycles. The first-order chi connectivity index (χ1) is 11.4. The second kappa shape index (κ2) is 7.03. The average molecular weight is 373 g/mol. The lowest BCUT2D eigenvalue weighted by molar-refractivity contribution is -0.142. The molecule has 0 bridgehead atoms. The highest BCUT2D eigenvalue weighted by Gasteiger charge is 2.52. The van der Waals surface area contributed by atoms with Crippen LogP contribution in [0.15, 0.2) is 0 Å².